The number of ether oxygens (including phenoxy) is 1. The van der Waals surface area contributed by atoms with Gasteiger partial charge in [-0.3, -0.25) is 9.78 Å². The Kier molecular flexibility index (Phi) is 5.24. The molecule has 33 heavy (non-hydrogen) atoms. The molecule has 0 radical (unpaired) electrons. The molecule has 3 fully saturated rings. The maximum Gasteiger partial charge on any atom is 0.265 e. The van der Waals surface area contributed by atoms with Crippen LogP contribution >= 0.6 is 0 Å². The van der Waals surface area contributed by atoms with Crippen molar-refractivity contribution >= 4 is 23.2 Å². The smallest absolute Gasteiger partial charge is 0.265 e. The lowest BCUT2D eigenvalue weighted by Crippen LogP contribution is -2.39. The average Bonchev–Trinajstić information content (AvgIpc) is 3.36. The number of alkyl halides is 2. The Balaban J connectivity index is 1.52. The molecule has 0 unspecified atom stereocenters. The molecule has 0 aromatic carbocycles. The first-order chi connectivity index (χ1) is 15.8. The summed E-state index contributed by atoms with van der Waals surface area (Å²) in [6, 6.07) is 6.33. The van der Waals surface area contributed by atoms with Gasteiger partial charge in [-0.2, -0.15) is 0 Å². The van der Waals surface area contributed by atoms with Gasteiger partial charge >= 0.3 is 0 Å². The minimum atomic E-state index is -2.60. The number of pyridine rings is 2. The van der Waals surface area contributed by atoms with E-state index in [4.69, 9.17) is 9.72 Å². The zero-order chi connectivity index (χ0) is 23.2. The van der Waals surface area contributed by atoms with Crippen molar-refractivity contribution in [2.75, 3.05) is 17.2 Å². The number of hydrogen-bond acceptors (Lipinski definition) is 7. The monoisotopic (exact) mass is 452 g/mol. The van der Waals surface area contributed by atoms with Crippen LogP contribution in [0.5, 0.6) is 0 Å². The highest BCUT2D eigenvalue weighted by atomic mass is 19.3. The van der Waals surface area contributed by atoms with Gasteiger partial charge in [-0.15, -0.1) is 0 Å². The molecule has 0 atom stereocenters. The third-order valence-corrected chi connectivity index (χ3v) is 5.95. The molecule has 2 N–H and O–H groups in total. The van der Waals surface area contributed by atoms with Gasteiger partial charge in [0, 0.05) is 48.3 Å². The van der Waals surface area contributed by atoms with Crippen molar-refractivity contribution in [1.82, 2.24) is 19.9 Å². The third kappa shape index (κ3) is 4.13. The number of rotatable bonds is 6. The molecule has 2 aliphatic heterocycles. The highest BCUT2D eigenvalue weighted by Crippen LogP contribution is 2.50. The zero-order valence-corrected chi connectivity index (χ0v) is 18.1. The fourth-order valence-electron chi connectivity index (χ4n) is 4.29. The molecule has 1 aliphatic carbocycles. The van der Waals surface area contributed by atoms with Crippen LogP contribution in [0.15, 0.2) is 36.7 Å². The summed E-state index contributed by atoms with van der Waals surface area (Å²) in [7, 11) is 0. The Labute approximate surface area is 188 Å². The van der Waals surface area contributed by atoms with E-state index in [1.807, 2.05) is 13.0 Å². The summed E-state index contributed by atoms with van der Waals surface area (Å²) in [5.74, 6) is 1.40. The van der Waals surface area contributed by atoms with Gasteiger partial charge in [-0.05, 0) is 31.9 Å². The first-order valence-electron chi connectivity index (χ1n) is 10.6. The molecule has 3 aliphatic rings. The van der Waals surface area contributed by atoms with E-state index < -0.39 is 6.43 Å². The molecule has 170 valence electrons. The van der Waals surface area contributed by atoms with Crippen molar-refractivity contribution in [3.8, 4) is 11.3 Å². The lowest BCUT2D eigenvalue weighted by molar-refractivity contribution is -0.114. The van der Waals surface area contributed by atoms with E-state index in [9.17, 15) is 13.6 Å². The number of halogens is 2. The molecule has 10 heteroatoms. The van der Waals surface area contributed by atoms with Gasteiger partial charge in [-0.25, -0.2) is 23.7 Å². The first-order valence-corrected chi connectivity index (χ1v) is 10.6. The van der Waals surface area contributed by atoms with Crippen molar-refractivity contribution in [3.63, 3.8) is 0 Å². The Bertz CT molecular complexity index is 1210. The molecule has 3 aromatic heterocycles. The summed E-state index contributed by atoms with van der Waals surface area (Å²) in [6.45, 7) is 3.91. The number of aromatic nitrogens is 4. The average molecular weight is 452 g/mol. The van der Waals surface area contributed by atoms with E-state index in [0.29, 0.717) is 41.3 Å². The molecule has 0 spiro atoms. The van der Waals surface area contributed by atoms with Gasteiger partial charge in [-0.1, -0.05) is 0 Å². The SMILES string of the molecule is CC(=O)Nc1cc(Nc2cc(C)nc(C34COC(C3)C4)n2)c(-c2ccc(C(F)F)cn2)cn1. The number of carbonyl (C=O) groups excluding carboxylic acids is 1. The molecule has 3 aromatic rings. The van der Waals surface area contributed by atoms with Crippen LogP contribution in [0.25, 0.3) is 11.3 Å². The number of hydrogen-bond donors (Lipinski definition) is 2. The van der Waals surface area contributed by atoms with Crippen LogP contribution in [-0.4, -0.2) is 38.6 Å². The number of nitrogens with zero attached hydrogens (tertiary/aromatic N) is 4. The fraction of sp³-hybridized carbons (Fsp3) is 0.348. The Hall–Kier alpha value is -3.53. The molecule has 2 saturated heterocycles. The minimum absolute atomic E-state index is 0.137. The lowest BCUT2D eigenvalue weighted by atomic mass is 9.69. The van der Waals surface area contributed by atoms with Crippen LogP contribution in [0.1, 0.15) is 43.3 Å². The molecular formula is C23H22F2N6O2. The van der Waals surface area contributed by atoms with Gasteiger partial charge in [0.25, 0.3) is 6.43 Å². The van der Waals surface area contributed by atoms with Crippen LogP contribution in [0.4, 0.5) is 26.1 Å². The lowest BCUT2D eigenvalue weighted by Gasteiger charge is -2.33. The first kappa shape index (κ1) is 21.3. The van der Waals surface area contributed by atoms with Crippen molar-refractivity contribution in [2.24, 2.45) is 0 Å². The molecule has 2 bridgehead atoms. The maximum atomic E-state index is 13.0. The summed E-state index contributed by atoms with van der Waals surface area (Å²) in [5, 5.41) is 5.94. The summed E-state index contributed by atoms with van der Waals surface area (Å²) in [4.78, 5) is 29.4. The molecule has 8 nitrogen and oxygen atoms in total. The number of nitrogens with one attached hydrogen (secondary N) is 2. The number of fused-ring (bicyclic) bond motifs is 1. The van der Waals surface area contributed by atoms with E-state index in [0.717, 1.165) is 30.6 Å². The van der Waals surface area contributed by atoms with Crippen LogP contribution in [-0.2, 0) is 14.9 Å². The normalized spacial score (nSPS) is 21.1. The second-order valence-corrected chi connectivity index (χ2v) is 8.54. The van der Waals surface area contributed by atoms with E-state index in [2.05, 4.69) is 25.6 Å². The standard InChI is InChI=1S/C23H22F2N6O2/c1-12-5-20(31-22(28-12)23-7-15(8-23)33-11-23)30-18-6-19(29-13(2)32)27-10-16(18)17-4-3-14(9-26-17)21(24)25/h3-6,9-10,15,21H,7-8,11H2,1-2H3,(H2,27,28,29,30,31,32). The second-order valence-electron chi connectivity index (χ2n) is 8.54. The van der Waals surface area contributed by atoms with Crippen LogP contribution < -0.4 is 10.6 Å². The Morgan fingerprint density at radius 3 is 2.61 bits per heavy atom. The van der Waals surface area contributed by atoms with Gasteiger partial charge < -0.3 is 15.4 Å². The summed E-state index contributed by atoms with van der Waals surface area (Å²) < 4.78 is 31.6. The largest absolute Gasteiger partial charge is 0.377 e. The van der Waals surface area contributed by atoms with Crippen molar-refractivity contribution in [3.05, 3.63) is 53.7 Å². The highest BCUT2D eigenvalue weighted by Gasteiger charge is 2.55. The number of aryl methyl sites for hydroxylation is 1. The minimum Gasteiger partial charge on any atom is -0.377 e. The molecule has 1 amide bonds. The Morgan fingerprint density at radius 2 is 1.97 bits per heavy atom. The summed E-state index contributed by atoms with van der Waals surface area (Å²) in [5.41, 5.74) is 2.12. The van der Waals surface area contributed by atoms with E-state index in [1.54, 1.807) is 6.07 Å². The van der Waals surface area contributed by atoms with Crippen molar-refractivity contribution in [2.45, 2.75) is 44.6 Å². The number of anilines is 3. The van der Waals surface area contributed by atoms with Crippen molar-refractivity contribution in [1.29, 1.82) is 0 Å². The molecule has 6 rings (SSSR count). The molecular weight excluding hydrogens is 430 g/mol. The van der Waals surface area contributed by atoms with Crippen LogP contribution in [0.3, 0.4) is 0 Å². The van der Waals surface area contributed by atoms with Crippen LogP contribution in [0.2, 0.25) is 0 Å². The van der Waals surface area contributed by atoms with Gasteiger partial charge in [0.05, 0.1) is 29.5 Å². The van der Waals surface area contributed by atoms with Gasteiger partial charge in [0.15, 0.2) is 0 Å². The summed E-state index contributed by atoms with van der Waals surface area (Å²) >= 11 is 0. The second kappa shape index (κ2) is 8.11. The Morgan fingerprint density at radius 1 is 1.15 bits per heavy atom. The molecule has 1 saturated carbocycles. The number of amides is 1. The fourth-order valence-corrected chi connectivity index (χ4v) is 4.29. The van der Waals surface area contributed by atoms with Crippen molar-refractivity contribution < 1.29 is 18.3 Å². The van der Waals surface area contributed by atoms with E-state index >= 15 is 0 Å². The van der Waals surface area contributed by atoms with Crippen LogP contribution in [0, 0.1) is 6.92 Å². The zero-order valence-electron chi connectivity index (χ0n) is 18.1. The maximum absolute atomic E-state index is 13.0. The molecule has 5 heterocycles. The van der Waals surface area contributed by atoms with Gasteiger partial charge in [0.2, 0.25) is 5.91 Å². The summed E-state index contributed by atoms with van der Waals surface area (Å²) in [6.07, 6.45) is 2.21. The van der Waals surface area contributed by atoms with E-state index in [1.165, 1.54) is 25.3 Å². The quantitative estimate of drug-likeness (QED) is 0.575. The van der Waals surface area contributed by atoms with E-state index in [-0.39, 0.29) is 16.9 Å². The third-order valence-electron chi connectivity index (χ3n) is 5.95. The number of carbonyl (C=O) groups is 1. The topological polar surface area (TPSA) is 102 Å². The predicted octanol–water partition coefficient (Wildman–Crippen LogP) is 4.31. The van der Waals surface area contributed by atoms with Gasteiger partial charge in [0.1, 0.15) is 17.5 Å². The predicted molar refractivity (Wildman–Crippen MR) is 117 cm³/mol. The highest BCUT2D eigenvalue weighted by molar-refractivity contribution is 5.89.